The molecular weight excluding hydrogens is 256 g/mol. The fourth-order valence-electron chi connectivity index (χ4n) is 2.28. The molecule has 1 aliphatic rings. The Hall–Kier alpha value is -0.770. The molecule has 1 aromatic carbocycles. The molecule has 0 aromatic heterocycles. The van der Waals surface area contributed by atoms with Crippen molar-refractivity contribution in [2.45, 2.75) is 36.7 Å². The van der Waals surface area contributed by atoms with Crippen LogP contribution in [-0.4, -0.2) is 5.38 Å². The Balaban J connectivity index is 2.37. The second kappa shape index (κ2) is 4.48. The van der Waals surface area contributed by atoms with E-state index in [1.54, 1.807) is 0 Å². The van der Waals surface area contributed by atoms with Crippen LogP contribution < -0.4 is 0 Å². The summed E-state index contributed by atoms with van der Waals surface area (Å²) in [6, 6.07) is 3.16. The summed E-state index contributed by atoms with van der Waals surface area (Å²) in [6.07, 6.45) is -2.19. The van der Waals surface area contributed by atoms with Crippen molar-refractivity contribution in [2.24, 2.45) is 0 Å². The molecule has 0 N–H and O–H groups in total. The normalized spacial score (nSPS) is 25.2. The summed E-state index contributed by atoms with van der Waals surface area (Å²) >= 11 is 6.04. The molecule has 0 bridgehead atoms. The minimum atomic E-state index is -4.65. The summed E-state index contributed by atoms with van der Waals surface area (Å²) in [5.74, 6) is -1.33. The minimum Gasteiger partial charge on any atom is -0.206 e. The molecule has 2 unspecified atom stereocenters. The number of hydrogen-bond donors (Lipinski definition) is 0. The number of alkyl halides is 4. The highest BCUT2D eigenvalue weighted by molar-refractivity contribution is 6.21. The zero-order valence-corrected chi connectivity index (χ0v) is 9.65. The van der Waals surface area contributed by atoms with Crippen molar-refractivity contribution in [3.63, 3.8) is 0 Å². The summed E-state index contributed by atoms with van der Waals surface area (Å²) < 4.78 is 50.7. The third-order valence-electron chi connectivity index (χ3n) is 3.16. The van der Waals surface area contributed by atoms with Gasteiger partial charge in [-0.2, -0.15) is 13.2 Å². The van der Waals surface area contributed by atoms with E-state index in [1.807, 2.05) is 0 Å². The van der Waals surface area contributed by atoms with Gasteiger partial charge in [-0.1, -0.05) is 12.5 Å². The van der Waals surface area contributed by atoms with E-state index in [-0.39, 0.29) is 11.3 Å². The molecule has 0 saturated heterocycles. The lowest BCUT2D eigenvalue weighted by atomic mass is 9.95. The van der Waals surface area contributed by atoms with Crippen LogP contribution in [0.25, 0.3) is 0 Å². The van der Waals surface area contributed by atoms with Crippen molar-refractivity contribution >= 4 is 11.6 Å². The number of halogens is 5. The summed E-state index contributed by atoms with van der Waals surface area (Å²) in [5, 5.41) is -0.151. The monoisotopic (exact) mass is 266 g/mol. The highest BCUT2D eigenvalue weighted by Crippen LogP contribution is 2.40. The second-order valence-corrected chi connectivity index (χ2v) is 4.85. The van der Waals surface area contributed by atoms with E-state index in [0.717, 1.165) is 31.4 Å². The van der Waals surface area contributed by atoms with E-state index in [0.29, 0.717) is 5.56 Å². The van der Waals surface area contributed by atoms with Gasteiger partial charge >= 0.3 is 6.18 Å². The topological polar surface area (TPSA) is 0 Å². The largest absolute Gasteiger partial charge is 0.419 e. The van der Waals surface area contributed by atoms with E-state index in [2.05, 4.69) is 0 Å². The summed E-state index contributed by atoms with van der Waals surface area (Å²) in [5.41, 5.74) is -0.720. The Bertz CT molecular complexity index is 413. The predicted octanol–water partition coefficient (Wildman–Crippen LogP) is 4.72. The molecule has 1 fully saturated rings. The molecule has 2 rings (SSSR count). The first-order valence-electron chi connectivity index (χ1n) is 5.40. The van der Waals surface area contributed by atoms with Gasteiger partial charge in [0, 0.05) is 11.3 Å². The van der Waals surface area contributed by atoms with Crippen LogP contribution in [0, 0.1) is 5.82 Å². The van der Waals surface area contributed by atoms with Crippen LogP contribution in [0.2, 0.25) is 0 Å². The Labute approximate surface area is 102 Å². The molecule has 0 aliphatic heterocycles. The lowest BCUT2D eigenvalue weighted by Crippen LogP contribution is -2.11. The molecule has 0 heterocycles. The number of rotatable bonds is 1. The second-order valence-electron chi connectivity index (χ2n) is 4.29. The van der Waals surface area contributed by atoms with Crippen LogP contribution in [0.1, 0.15) is 36.3 Å². The molecule has 0 amide bonds. The zero-order valence-electron chi connectivity index (χ0n) is 8.90. The Kier molecular flexibility index (Phi) is 3.34. The van der Waals surface area contributed by atoms with Crippen molar-refractivity contribution < 1.29 is 17.6 Å². The maximum absolute atomic E-state index is 13.1. The first-order valence-corrected chi connectivity index (χ1v) is 5.84. The Morgan fingerprint density at radius 2 is 1.88 bits per heavy atom. The molecule has 17 heavy (non-hydrogen) atoms. The molecule has 0 radical (unpaired) electrons. The van der Waals surface area contributed by atoms with E-state index in [4.69, 9.17) is 11.6 Å². The van der Waals surface area contributed by atoms with E-state index in [9.17, 15) is 17.6 Å². The zero-order chi connectivity index (χ0) is 12.6. The lowest BCUT2D eigenvalue weighted by Gasteiger charge is -2.16. The third kappa shape index (κ3) is 2.57. The van der Waals surface area contributed by atoms with Gasteiger partial charge in [0.15, 0.2) is 0 Å². The van der Waals surface area contributed by atoms with Crippen molar-refractivity contribution in [1.82, 2.24) is 0 Å². The van der Waals surface area contributed by atoms with Crippen LogP contribution >= 0.6 is 11.6 Å². The average Bonchev–Trinajstić information content (AvgIpc) is 2.63. The van der Waals surface area contributed by atoms with Crippen molar-refractivity contribution in [3.05, 3.63) is 35.1 Å². The van der Waals surface area contributed by atoms with Gasteiger partial charge < -0.3 is 0 Å². The van der Waals surface area contributed by atoms with E-state index >= 15 is 0 Å². The minimum absolute atomic E-state index is 0.0987. The van der Waals surface area contributed by atoms with Gasteiger partial charge in [-0.15, -0.1) is 11.6 Å². The molecule has 1 aliphatic carbocycles. The number of hydrogen-bond acceptors (Lipinski definition) is 0. The molecular formula is C12H11ClF4. The molecule has 1 saturated carbocycles. The molecule has 94 valence electrons. The maximum Gasteiger partial charge on any atom is 0.419 e. The van der Waals surface area contributed by atoms with Gasteiger partial charge in [-0.3, -0.25) is 0 Å². The van der Waals surface area contributed by atoms with Crippen molar-refractivity contribution in [1.29, 1.82) is 0 Å². The number of benzene rings is 1. The van der Waals surface area contributed by atoms with Crippen LogP contribution in [0.4, 0.5) is 17.6 Å². The molecule has 1 aromatic rings. The van der Waals surface area contributed by atoms with Crippen LogP contribution in [0.3, 0.4) is 0 Å². The maximum atomic E-state index is 13.1. The molecule has 2 atom stereocenters. The molecule has 0 nitrogen and oxygen atoms in total. The van der Waals surface area contributed by atoms with Gasteiger partial charge in [0.05, 0.1) is 5.56 Å². The highest BCUT2D eigenvalue weighted by atomic mass is 35.5. The SMILES string of the molecule is Fc1ccc(C2CCCC2Cl)cc1C(F)(F)F. The van der Waals surface area contributed by atoms with Crippen LogP contribution in [0.5, 0.6) is 0 Å². The van der Waals surface area contributed by atoms with Crippen LogP contribution in [0.15, 0.2) is 18.2 Å². The van der Waals surface area contributed by atoms with Gasteiger partial charge in [0.1, 0.15) is 5.82 Å². The average molecular weight is 267 g/mol. The summed E-state index contributed by atoms with van der Waals surface area (Å²) in [6.45, 7) is 0. The van der Waals surface area contributed by atoms with Crippen molar-refractivity contribution in [3.8, 4) is 0 Å². The smallest absolute Gasteiger partial charge is 0.206 e. The highest BCUT2D eigenvalue weighted by Gasteiger charge is 2.36. The van der Waals surface area contributed by atoms with Gasteiger partial charge in [-0.25, -0.2) is 4.39 Å². The molecule has 5 heteroatoms. The third-order valence-corrected chi connectivity index (χ3v) is 3.68. The van der Waals surface area contributed by atoms with E-state index < -0.39 is 17.6 Å². The summed E-state index contributed by atoms with van der Waals surface area (Å²) in [7, 11) is 0. The molecule has 0 spiro atoms. The fourth-order valence-corrected chi connectivity index (χ4v) is 2.71. The van der Waals surface area contributed by atoms with Gasteiger partial charge in [-0.05, 0) is 30.5 Å². The standard InChI is InChI=1S/C12H11ClF4/c13-10-3-1-2-8(10)7-4-5-11(14)9(6-7)12(15,16)17/h4-6,8,10H,1-3H2. The van der Waals surface area contributed by atoms with E-state index in [1.165, 1.54) is 6.07 Å². The van der Waals surface area contributed by atoms with Crippen LogP contribution in [-0.2, 0) is 6.18 Å². The quantitative estimate of drug-likeness (QED) is 0.510. The Morgan fingerprint density at radius 1 is 1.18 bits per heavy atom. The fraction of sp³-hybridized carbons (Fsp3) is 0.500. The first-order chi connectivity index (χ1) is 7.89. The first kappa shape index (κ1) is 12.7. The lowest BCUT2D eigenvalue weighted by molar-refractivity contribution is -0.140. The van der Waals surface area contributed by atoms with Gasteiger partial charge in [0.25, 0.3) is 0 Å². The Morgan fingerprint density at radius 3 is 2.41 bits per heavy atom. The predicted molar refractivity (Wildman–Crippen MR) is 57.6 cm³/mol. The van der Waals surface area contributed by atoms with Gasteiger partial charge in [0.2, 0.25) is 0 Å². The van der Waals surface area contributed by atoms with Crippen molar-refractivity contribution in [2.75, 3.05) is 0 Å². The summed E-state index contributed by atoms with van der Waals surface area (Å²) in [4.78, 5) is 0.